The third-order valence-corrected chi connectivity index (χ3v) is 4.86. The normalized spacial score (nSPS) is 19.2. The third-order valence-electron chi connectivity index (χ3n) is 4.86. The Kier molecular flexibility index (Phi) is 5.44. The minimum atomic E-state index is -0.0769. The zero-order valence-corrected chi connectivity index (χ0v) is 16.4. The minimum Gasteiger partial charge on any atom is -0.496 e. The standard InChI is InChI=1S/C21H33NO2/c1-20(2,3)16-11-15(18(23)14-9-8-10-22-13-14)12-17(19(16)24-7)21(4,5)6/h11-12,14,22H,8-10,13H2,1-7H3. The molecule has 0 bridgehead atoms. The van der Waals surface area contributed by atoms with E-state index in [1.54, 1.807) is 7.11 Å². The summed E-state index contributed by atoms with van der Waals surface area (Å²) in [6.45, 7) is 14.9. The van der Waals surface area contributed by atoms with E-state index in [-0.39, 0.29) is 22.5 Å². The molecule has 0 aliphatic carbocycles. The van der Waals surface area contributed by atoms with E-state index in [0.717, 1.165) is 48.4 Å². The average Bonchev–Trinajstić information content (AvgIpc) is 2.52. The van der Waals surface area contributed by atoms with Crippen LogP contribution in [0.5, 0.6) is 5.75 Å². The molecule has 134 valence electrons. The molecule has 24 heavy (non-hydrogen) atoms. The van der Waals surface area contributed by atoms with Crippen molar-refractivity contribution in [3.63, 3.8) is 0 Å². The first-order valence-electron chi connectivity index (χ1n) is 9.03. The maximum atomic E-state index is 13.1. The molecule has 1 saturated heterocycles. The number of rotatable bonds is 3. The summed E-state index contributed by atoms with van der Waals surface area (Å²) < 4.78 is 5.79. The van der Waals surface area contributed by atoms with Crippen LogP contribution < -0.4 is 10.1 Å². The Hall–Kier alpha value is -1.35. The molecule has 0 spiro atoms. The predicted molar refractivity (Wildman–Crippen MR) is 100 cm³/mol. The second-order valence-electron chi connectivity index (χ2n) is 9.01. The Morgan fingerprint density at radius 2 is 1.62 bits per heavy atom. The van der Waals surface area contributed by atoms with Crippen molar-refractivity contribution in [2.75, 3.05) is 20.2 Å². The molecule has 2 rings (SSSR count). The summed E-state index contributed by atoms with van der Waals surface area (Å²) in [4.78, 5) is 13.1. The lowest BCUT2D eigenvalue weighted by molar-refractivity contribution is 0.0899. The molecule has 1 aromatic carbocycles. The SMILES string of the molecule is COc1c(C(C)(C)C)cc(C(=O)C2CCCNC2)cc1C(C)(C)C. The van der Waals surface area contributed by atoms with E-state index in [4.69, 9.17) is 4.74 Å². The molecule has 1 atom stereocenters. The minimum absolute atomic E-state index is 0.0769. The van der Waals surface area contributed by atoms with Gasteiger partial charge in [-0.3, -0.25) is 4.79 Å². The van der Waals surface area contributed by atoms with Crippen LogP contribution in [-0.2, 0) is 10.8 Å². The molecule has 1 unspecified atom stereocenters. The Labute approximate surface area is 147 Å². The number of ether oxygens (including phenoxy) is 1. The molecule has 1 heterocycles. The summed E-state index contributed by atoms with van der Waals surface area (Å²) in [7, 11) is 1.73. The molecule has 0 aromatic heterocycles. The Morgan fingerprint density at radius 3 is 2.00 bits per heavy atom. The van der Waals surface area contributed by atoms with E-state index in [9.17, 15) is 4.79 Å². The van der Waals surface area contributed by atoms with Crippen LogP contribution in [-0.4, -0.2) is 26.0 Å². The van der Waals surface area contributed by atoms with Gasteiger partial charge in [0.1, 0.15) is 5.75 Å². The van der Waals surface area contributed by atoms with Crippen molar-refractivity contribution in [1.82, 2.24) is 5.32 Å². The fourth-order valence-electron chi connectivity index (χ4n) is 3.42. The highest BCUT2D eigenvalue weighted by Gasteiger charge is 2.30. The van der Waals surface area contributed by atoms with Gasteiger partial charge in [0.2, 0.25) is 0 Å². The fraction of sp³-hybridized carbons (Fsp3) is 0.667. The highest BCUT2D eigenvalue weighted by atomic mass is 16.5. The van der Waals surface area contributed by atoms with Gasteiger partial charge in [-0.1, -0.05) is 41.5 Å². The van der Waals surface area contributed by atoms with Crippen molar-refractivity contribution < 1.29 is 9.53 Å². The van der Waals surface area contributed by atoms with Crippen LogP contribution >= 0.6 is 0 Å². The number of piperidine rings is 1. The van der Waals surface area contributed by atoms with E-state index >= 15 is 0 Å². The van der Waals surface area contributed by atoms with E-state index < -0.39 is 0 Å². The molecule has 1 aliphatic rings. The van der Waals surface area contributed by atoms with E-state index in [2.05, 4.69) is 59.0 Å². The largest absolute Gasteiger partial charge is 0.496 e. The molecule has 1 fully saturated rings. The second kappa shape index (κ2) is 6.87. The van der Waals surface area contributed by atoms with Crippen LogP contribution in [0.3, 0.4) is 0 Å². The lowest BCUT2D eigenvalue weighted by atomic mass is 9.77. The molecule has 1 N–H and O–H groups in total. The molecule has 0 saturated carbocycles. The summed E-state index contributed by atoms with van der Waals surface area (Å²) in [5.41, 5.74) is 2.91. The van der Waals surface area contributed by atoms with Gasteiger partial charge in [-0.25, -0.2) is 0 Å². The summed E-state index contributed by atoms with van der Waals surface area (Å²) in [5, 5.41) is 3.35. The van der Waals surface area contributed by atoms with E-state index in [1.165, 1.54) is 0 Å². The maximum Gasteiger partial charge on any atom is 0.167 e. The highest BCUT2D eigenvalue weighted by Crippen LogP contribution is 2.41. The zero-order valence-electron chi connectivity index (χ0n) is 16.4. The molecule has 0 amide bonds. The van der Waals surface area contributed by atoms with Crippen molar-refractivity contribution in [2.24, 2.45) is 5.92 Å². The number of benzene rings is 1. The van der Waals surface area contributed by atoms with Gasteiger partial charge in [0, 0.05) is 29.2 Å². The van der Waals surface area contributed by atoms with Gasteiger partial charge >= 0.3 is 0 Å². The number of ketones is 1. The highest BCUT2D eigenvalue weighted by molar-refractivity contribution is 5.98. The molecule has 1 aliphatic heterocycles. The van der Waals surface area contributed by atoms with Crippen LogP contribution in [0.2, 0.25) is 0 Å². The van der Waals surface area contributed by atoms with Crippen LogP contribution in [0.25, 0.3) is 0 Å². The quantitative estimate of drug-likeness (QED) is 0.830. The van der Waals surface area contributed by atoms with Gasteiger partial charge in [-0.2, -0.15) is 0 Å². The average molecular weight is 332 g/mol. The van der Waals surface area contributed by atoms with Gasteiger partial charge in [0.25, 0.3) is 0 Å². The Bertz CT molecular complexity index is 564. The van der Waals surface area contributed by atoms with Gasteiger partial charge < -0.3 is 10.1 Å². The van der Waals surface area contributed by atoms with Crippen molar-refractivity contribution in [3.8, 4) is 5.75 Å². The van der Waals surface area contributed by atoms with Crippen LogP contribution in [0, 0.1) is 5.92 Å². The molecular weight excluding hydrogens is 298 g/mol. The van der Waals surface area contributed by atoms with Gasteiger partial charge in [-0.15, -0.1) is 0 Å². The molecule has 3 heteroatoms. The first-order chi connectivity index (χ1) is 11.1. The van der Waals surface area contributed by atoms with Gasteiger partial charge in [-0.05, 0) is 42.3 Å². The number of hydrogen-bond acceptors (Lipinski definition) is 3. The monoisotopic (exact) mass is 331 g/mol. The Balaban J connectivity index is 2.58. The predicted octanol–water partition coefficient (Wildman–Crippen LogP) is 4.47. The summed E-state index contributed by atoms with van der Waals surface area (Å²) in [6, 6.07) is 4.12. The van der Waals surface area contributed by atoms with Crippen molar-refractivity contribution >= 4 is 5.78 Å². The molecule has 0 radical (unpaired) electrons. The number of Topliss-reactive ketones (excluding diaryl/α,β-unsaturated/α-hetero) is 1. The molecular formula is C21H33NO2. The smallest absolute Gasteiger partial charge is 0.167 e. The van der Waals surface area contributed by atoms with Gasteiger partial charge in [0.05, 0.1) is 7.11 Å². The molecule has 3 nitrogen and oxygen atoms in total. The van der Waals surface area contributed by atoms with Crippen LogP contribution in [0.4, 0.5) is 0 Å². The zero-order chi connectivity index (χ0) is 18.1. The van der Waals surface area contributed by atoms with Crippen LogP contribution in [0.1, 0.15) is 75.9 Å². The first kappa shape index (κ1) is 19.0. The second-order valence-corrected chi connectivity index (χ2v) is 9.01. The summed E-state index contributed by atoms with van der Waals surface area (Å²) in [5.74, 6) is 1.28. The van der Waals surface area contributed by atoms with Crippen LogP contribution in [0.15, 0.2) is 12.1 Å². The topological polar surface area (TPSA) is 38.3 Å². The van der Waals surface area contributed by atoms with Crippen molar-refractivity contribution in [2.45, 2.75) is 65.2 Å². The Morgan fingerprint density at radius 1 is 1.08 bits per heavy atom. The van der Waals surface area contributed by atoms with E-state index in [1.807, 2.05) is 0 Å². The molecule has 1 aromatic rings. The lowest BCUT2D eigenvalue weighted by Crippen LogP contribution is -2.34. The number of carbonyl (C=O) groups is 1. The fourth-order valence-corrected chi connectivity index (χ4v) is 3.42. The summed E-state index contributed by atoms with van der Waals surface area (Å²) in [6.07, 6.45) is 2.05. The third kappa shape index (κ3) is 4.00. The van der Waals surface area contributed by atoms with E-state index in [0.29, 0.717) is 0 Å². The van der Waals surface area contributed by atoms with Crippen molar-refractivity contribution in [3.05, 3.63) is 28.8 Å². The first-order valence-corrected chi connectivity index (χ1v) is 9.03. The summed E-state index contributed by atoms with van der Waals surface area (Å²) >= 11 is 0. The lowest BCUT2D eigenvalue weighted by Gasteiger charge is -2.30. The maximum absolute atomic E-state index is 13.1. The number of nitrogens with one attached hydrogen (secondary N) is 1. The number of methoxy groups -OCH3 is 1. The number of carbonyl (C=O) groups excluding carboxylic acids is 1. The number of hydrogen-bond donors (Lipinski definition) is 1. The van der Waals surface area contributed by atoms with Crippen molar-refractivity contribution in [1.29, 1.82) is 0 Å². The van der Waals surface area contributed by atoms with Gasteiger partial charge in [0.15, 0.2) is 5.78 Å².